The average molecular weight is 412 g/mol. The fraction of sp³-hybridized carbons (Fsp3) is 0.286. The Labute approximate surface area is 171 Å². The van der Waals surface area contributed by atoms with Gasteiger partial charge in [0.2, 0.25) is 5.91 Å². The number of nitrogens with one attached hydrogen (secondary N) is 1. The highest BCUT2D eigenvalue weighted by atomic mass is 32.2. The van der Waals surface area contributed by atoms with Crippen LogP contribution in [0, 0.1) is 0 Å². The Morgan fingerprint density at radius 3 is 2.86 bits per heavy atom. The maximum absolute atomic E-state index is 13.2. The Morgan fingerprint density at radius 1 is 1.32 bits per heavy atom. The van der Waals surface area contributed by atoms with Gasteiger partial charge in [-0.3, -0.25) is 14.2 Å². The number of fused-ring (bicyclic) bond motifs is 3. The lowest BCUT2D eigenvalue weighted by molar-refractivity contribution is -0.113. The molecule has 0 aliphatic heterocycles. The van der Waals surface area contributed by atoms with Crippen molar-refractivity contribution in [3.63, 3.8) is 0 Å². The lowest BCUT2D eigenvalue weighted by Gasteiger charge is -2.12. The van der Waals surface area contributed by atoms with E-state index in [1.54, 1.807) is 15.9 Å². The lowest BCUT2D eigenvalue weighted by Crippen LogP contribution is -2.24. The average Bonchev–Trinajstić information content (AvgIpc) is 3.24. The van der Waals surface area contributed by atoms with Crippen LogP contribution in [0.1, 0.15) is 23.8 Å². The molecule has 3 aromatic rings. The van der Waals surface area contributed by atoms with E-state index in [1.807, 2.05) is 37.3 Å². The third-order valence-electron chi connectivity index (χ3n) is 4.61. The van der Waals surface area contributed by atoms with Crippen LogP contribution in [0.25, 0.3) is 10.2 Å². The number of benzene rings is 1. The Balaban J connectivity index is 1.63. The first-order chi connectivity index (χ1) is 13.5. The topological polar surface area (TPSA) is 64.0 Å². The lowest BCUT2D eigenvalue weighted by atomic mass is 10.2. The summed E-state index contributed by atoms with van der Waals surface area (Å²) in [5.41, 5.74) is 2.79. The number of aromatic nitrogens is 2. The van der Waals surface area contributed by atoms with Crippen LogP contribution in [-0.4, -0.2) is 21.2 Å². The van der Waals surface area contributed by atoms with Crippen molar-refractivity contribution in [3.05, 3.63) is 63.3 Å². The van der Waals surface area contributed by atoms with Gasteiger partial charge >= 0.3 is 0 Å². The zero-order valence-corrected chi connectivity index (χ0v) is 17.3. The summed E-state index contributed by atoms with van der Waals surface area (Å²) in [6, 6.07) is 9.34. The third-order valence-corrected chi connectivity index (χ3v) is 6.77. The molecular weight excluding hydrogens is 390 g/mol. The van der Waals surface area contributed by atoms with Crippen LogP contribution in [0.4, 0.5) is 5.69 Å². The predicted molar refractivity (Wildman–Crippen MR) is 117 cm³/mol. The fourth-order valence-corrected chi connectivity index (χ4v) is 5.53. The maximum atomic E-state index is 13.2. The van der Waals surface area contributed by atoms with Gasteiger partial charge in [0.05, 0.1) is 11.1 Å². The summed E-state index contributed by atoms with van der Waals surface area (Å²) >= 11 is 2.91. The molecule has 1 N–H and O–H groups in total. The van der Waals surface area contributed by atoms with Crippen LogP contribution in [-0.2, 0) is 24.2 Å². The van der Waals surface area contributed by atoms with Gasteiger partial charge in [0.1, 0.15) is 4.83 Å². The summed E-state index contributed by atoms with van der Waals surface area (Å²) < 4.78 is 1.66. The molecule has 1 aliphatic rings. The van der Waals surface area contributed by atoms with Gasteiger partial charge in [-0.1, -0.05) is 42.1 Å². The Hall–Kier alpha value is -2.38. The maximum Gasteiger partial charge on any atom is 0.263 e. The number of carbonyl (C=O) groups is 1. The highest BCUT2D eigenvalue weighted by Gasteiger charge is 2.23. The van der Waals surface area contributed by atoms with Crippen molar-refractivity contribution in [2.24, 2.45) is 0 Å². The second-order valence-corrected chi connectivity index (χ2v) is 9.01. The molecule has 0 atom stereocenters. The minimum absolute atomic E-state index is 0.0154. The van der Waals surface area contributed by atoms with Crippen molar-refractivity contribution in [3.8, 4) is 0 Å². The number of nitrogens with zero attached hydrogens (tertiary/aromatic N) is 2. The quantitative estimate of drug-likeness (QED) is 0.374. The van der Waals surface area contributed by atoms with E-state index >= 15 is 0 Å². The molecule has 0 radical (unpaired) electrons. The fourth-order valence-electron chi connectivity index (χ4n) is 3.43. The van der Waals surface area contributed by atoms with E-state index in [-0.39, 0.29) is 17.2 Å². The van der Waals surface area contributed by atoms with Gasteiger partial charge in [-0.15, -0.1) is 11.3 Å². The molecule has 0 fully saturated rings. The number of anilines is 1. The zero-order chi connectivity index (χ0) is 19.7. The van der Waals surface area contributed by atoms with Crippen molar-refractivity contribution < 1.29 is 4.79 Å². The van der Waals surface area contributed by atoms with Crippen molar-refractivity contribution in [2.45, 2.75) is 37.9 Å². The summed E-state index contributed by atoms with van der Waals surface area (Å²) in [7, 11) is 0. The molecule has 144 valence electrons. The second kappa shape index (κ2) is 7.93. The monoisotopic (exact) mass is 411 g/mol. The Kier molecular flexibility index (Phi) is 5.37. The minimum Gasteiger partial charge on any atom is -0.325 e. The molecule has 2 aromatic heterocycles. The number of carbonyl (C=O) groups excluding carboxylic acids is 1. The van der Waals surface area contributed by atoms with Gasteiger partial charge in [-0.2, -0.15) is 0 Å². The van der Waals surface area contributed by atoms with Crippen LogP contribution < -0.4 is 10.9 Å². The number of thioether (sulfide) groups is 1. The molecule has 2 heterocycles. The molecule has 0 saturated heterocycles. The summed E-state index contributed by atoms with van der Waals surface area (Å²) in [4.78, 5) is 32.4. The van der Waals surface area contributed by atoms with Gasteiger partial charge < -0.3 is 5.32 Å². The van der Waals surface area contributed by atoms with Gasteiger partial charge in [-0.25, -0.2) is 4.98 Å². The van der Waals surface area contributed by atoms with Gasteiger partial charge in [0.15, 0.2) is 5.16 Å². The van der Waals surface area contributed by atoms with E-state index in [9.17, 15) is 9.59 Å². The Bertz CT molecular complexity index is 1120. The number of aryl methyl sites for hydroxylation is 2. The van der Waals surface area contributed by atoms with Crippen molar-refractivity contribution in [1.82, 2.24) is 9.55 Å². The van der Waals surface area contributed by atoms with Crippen LogP contribution in [0.2, 0.25) is 0 Å². The minimum atomic E-state index is -0.124. The highest BCUT2D eigenvalue weighted by Crippen LogP contribution is 2.35. The van der Waals surface area contributed by atoms with Gasteiger partial charge in [-0.05, 0) is 43.9 Å². The van der Waals surface area contributed by atoms with Crippen molar-refractivity contribution >= 4 is 44.9 Å². The first-order valence-corrected chi connectivity index (χ1v) is 11.0. The van der Waals surface area contributed by atoms with E-state index in [0.29, 0.717) is 11.7 Å². The first-order valence-electron chi connectivity index (χ1n) is 9.20. The number of amides is 1. The summed E-state index contributed by atoms with van der Waals surface area (Å²) in [5.74, 6) is 0.0646. The normalized spacial score (nSPS) is 12.9. The number of hydrogen-bond acceptors (Lipinski definition) is 5. The van der Waals surface area contributed by atoms with Crippen molar-refractivity contribution in [1.29, 1.82) is 0 Å². The van der Waals surface area contributed by atoms with E-state index in [1.165, 1.54) is 22.2 Å². The largest absolute Gasteiger partial charge is 0.325 e. The molecule has 0 bridgehead atoms. The molecular formula is C21H21N3O2S2. The number of rotatable bonds is 6. The van der Waals surface area contributed by atoms with E-state index in [2.05, 4.69) is 11.9 Å². The molecule has 0 unspecified atom stereocenters. The Morgan fingerprint density at radius 2 is 2.11 bits per heavy atom. The first kappa shape index (κ1) is 19.0. The van der Waals surface area contributed by atoms with E-state index in [4.69, 9.17) is 4.98 Å². The standard InChI is InChI=1S/C21H21N3O2S2/c1-13(2)11-24-20(26)18-15-9-6-10-16(15)28-19(18)23-21(24)27-12-17(25)22-14-7-4-3-5-8-14/h3-5,7-8H,1,6,9-12H2,2H3,(H,22,25). The van der Waals surface area contributed by atoms with E-state index < -0.39 is 0 Å². The molecule has 28 heavy (non-hydrogen) atoms. The summed E-state index contributed by atoms with van der Waals surface area (Å²) in [5, 5.41) is 4.20. The molecule has 5 nitrogen and oxygen atoms in total. The molecule has 1 aliphatic carbocycles. The van der Waals surface area contributed by atoms with E-state index in [0.717, 1.165) is 40.7 Å². The van der Waals surface area contributed by atoms with Crippen LogP contribution >= 0.6 is 23.1 Å². The number of hydrogen-bond donors (Lipinski definition) is 1. The zero-order valence-electron chi connectivity index (χ0n) is 15.7. The highest BCUT2D eigenvalue weighted by molar-refractivity contribution is 7.99. The van der Waals surface area contributed by atoms with Crippen LogP contribution in [0.15, 0.2) is 52.4 Å². The van der Waals surface area contributed by atoms with Gasteiger partial charge in [0.25, 0.3) is 5.56 Å². The smallest absolute Gasteiger partial charge is 0.263 e. The number of thiophene rings is 1. The summed E-state index contributed by atoms with van der Waals surface area (Å²) in [6.45, 7) is 6.26. The van der Waals surface area contributed by atoms with Crippen LogP contribution in [0.3, 0.4) is 0 Å². The van der Waals surface area contributed by atoms with Gasteiger partial charge in [0, 0.05) is 17.1 Å². The molecule has 7 heteroatoms. The summed E-state index contributed by atoms with van der Waals surface area (Å²) in [6.07, 6.45) is 3.08. The molecule has 1 amide bonds. The SMILES string of the molecule is C=C(C)Cn1c(SCC(=O)Nc2ccccc2)nc2sc3c(c2c1=O)CCC3. The molecule has 4 rings (SSSR count). The molecule has 1 aromatic carbocycles. The van der Waals surface area contributed by atoms with Crippen molar-refractivity contribution in [2.75, 3.05) is 11.1 Å². The van der Waals surface area contributed by atoms with Crippen LogP contribution in [0.5, 0.6) is 0 Å². The molecule has 0 saturated carbocycles. The molecule has 0 spiro atoms. The second-order valence-electron chi connectivity index (χ2n) is 6.98. The number of allylic oxidation sites excluding steroid dienone is 1. The number of para-hydroxylation sites is 1. The predicted octanol–water partition coefficient (Wildman–Crippen LogP) is 4.25. The third kappa shape index (κ3) is 3.77.